The molecule has 0 aliphatic heterocycles. The molecule has 0 bridgehead atoms. The lowest BCUT2D eigenvalue weighted by atomic mass is 10.1. The molecule has 9 nitrogen and oxygen atoms in total. The van der Waals surface area contributed by atoms with Gasteiger partial charge in [0.15, 0.2) is 0 Å². The van der Waals surface area contributed by atoms with Crippen LogP contribution in [0.5, 0.6) is 0 Å². The SMILES string of the molecule is NC(=O)CCCCC[C@H](NC(=O)Cc1ncccn1)c1ncc(-c2ccc3ccncc3c2)[nH]1. The first-order chi connectivity index (χ1) is 16.6. The number of hydrogen-bond acceptors (Lipinski definition) is 6. The zero-order valence-electron chi connectivity index (χ0n) is 18.8. The van der Waals surface area contributed by atoms with Crippen molar-refractivity contribution in [3.05, 3.63) is 73.0 Å². The van der Waals surface area contributed by atoms with E-state index in [0.717, 1.165) is 41.3 Å². The second-order valence-corrected chi connectivity index (χ2v) is 8.15. The Morgan fingerprint density at radius 2 is 1.82 bits per heavy atom. The normalized spacial score (nSPS) is 11.9. The lowest BCUT2D eigenvalue weighted by Gasteiger charge is -2.17. The van der Waals surface area contributed by atoms with E-state index in [1.54, 1.807) is 30.9 Å². The van der Waals surface area contributed by atoms with Gasteiger partial charge in [-0.15, -0.1) is 0 Å². The van der Waals surface area contributed by atoms with E-state index in [-0.39, 0.29) is 24.3 Å². The van der Waals surface area contributed by atoms with Gasteiger partial charge in [-0.25, -0.2) is 15.0 Å². The molecule has 1 atom stereocenters. The molecule has 9 heteroatoms. The Hall–Kier alpha value is -4.14. The van der Waals surface area contributed by atoms with E-state index >= 15 is 0 Å². The zero-order chi connectivity index (χ0) is 23.8. The van der Waals surface area contributed by atoms with Crippen LogP contribution in [0, 0.1) is 0 Å². The molecular formula is C25H27N7O2. The first kappa shape index (κ1) is 23.0. The standard InChI is InChI=1S/C25H27N7O2/c26-22(33)6-3-1-2-5-20(31-24(34)14-23-28-10-4-11-29-23)25-30-16-21(32-25)18-8-7-17-9-12-27-15-19(17)13-18/h4,7-13,15-16,20H,1-3,5-6,14H2,(H2,26,33)(H,30,32)(H,31,34)/t20-/m0/s1. The van der Waals surface area contributed by atoms with Crippen LogP contribution in [0.3, 0.4) is 0 Å². The number of nitrogens with zero attached hydrogens (tertiary/aromatic N) is 4. The quantitative estimate of drug-likeness (QED) is 0.295. The van der Waals surface area contributed by atoms with Crippen LogP contribution in [0.4, 0.5) is 0 Å². The lowest BCUT2D eigenvalue weighted by Crippen LogP contribution is -2.31. The number of rotatable bonds is 11. The molecule has 34 heavy (non-hydrogen) atoms. The number of amides is 2. The molecule has 0 fully saturated rings. The highest BCUT2D eigenvalue weighted by atomic mass is 16.2. The molecule has 174 valence electrons. The maximum atomic E-state index is 12.7. The molecular weight excluding hydrogens is 430 g/mol. The van der Waals surface area contributed by atoms with Gasteiger partial charge in [0.05, 0.1) is 24.4 Å². The molecule has 0 unspecified atom stereocenters. The largest absolute Gasteiger partial charge is 0.370 e. The summed E-state index contributed by atoms with van der Waals surface area (Å²) in [7, 11) is 0. The number of carbonyl (C=O) groups excluding carboxylic acids is 2. The summed E-state index contributed by atoms with van der Waals surface area (Å²) < 4.78 is 0. The van der Waals surface area contributed by atoms with Crippen LogP contribution in [0.2, 0.25) is 0 Å². The van der Waals surface area contributed by atoms with E-state index in [9.17, 15) is 9.59 Å². The summed E-state index contributed by atoms with van der Waals surface area (Å²) in [5, 5.41) is 5.22. The van der Waals surface area contributed by atoms with Crippen LogP contribution in [0.15, 0.2) is 61.3 Å². The number of nitrogens with two attached hydrogens (primary N) is 1. The minimum atomic E-state index is -0.305. The summed E-state index contributed by atoms with van der Waals surface area (Å²) in [5.41, 5.74) is 7.08. The molecule has 4 rings (SSSR count). The average Bonchev–Trinajstić information content (AvgIpc) is 3.33. The molecule has 2 amide bonds. The first-order valence-electron chi connectivity index (χ1n) is 11.3. The molecule has 3 heterocycles. The number of carbonyl (C=O) groups is 2. The monoisotopic (exact) mass is 457 g/mol. The number of imidazole rings is 1. The van der Waals surface area contributed by atoms with Crippen LogP contribution in [-0.2, 0) is 16.0 Å². The van der Waals surface area contributed by atoms with Crippen LogP contribution in [-0.4, -0.2) is 36.7 Å². The fourth-order valence-corrected chi connectivity index (χ4v) is 3.82. The Balaban J connectivity index is 1.48. The van der Waals surface area contributed by atoms with Crippen molar-refractivity contribution < 1.29 is 9.59 Å². The van der Waals surface area contributed by atoms with E-state index in [1.165, 1.54) is 0 Å². The maximum Gasteiger partial charge on any atom is 0.228 e. The van der Waals surface area contributed by atoms with E-state index in [0.29, 0.717) is 24.5 Å². The van der Waals surface area contributed by atoms with Crippen molar-refractivity contribution in [1.82, 2.24) is 30.2 Å². The topological polar surface area (TPSA) is 140 Å². The van der Waals surface area contributed by atoms with Gasteiger partial charge in [-0.1, -0.05) is 25.0 Å². The second kappa shape index (κ2) is 11.1. The molecule has 4 aromatic rings. The summed E-state index contributed by atoms with van der Waals surface area (Å²) in [5.74, 6) is 0.667. The Morgan fingerprint density at radius 1 is 0.971 bits per heavy atom. The third-order valence-corrected chi connectivity index (χ3v) is 5.57. The van der Waals surface area contributed by atoms with Crippen molar-refractivity contribution in [2.75, 3.05) is 0 Å². The number of aromatic amines is 1. The fourth-order valence-electron chi connectivity index (χ4n) is 3.82. The van der Waals surface area contributed by atoms with Crippen molar-refractivity contribution in [1.29, 1.82) is 0 Å². The number of unbranched alkanes of at least 4 members (excludes halogenated alkanes) is 2. The number of fused-ring (bicyclic) bond motifs is 1. The van der Waals surface area contributed by atoms with Crippen LogP contribution < -0.4 is 11.1 Å². The van der Waals surface area contributed by atoms with Crippen LogP contribution in [0.1, 0.15) is 49.8 Å². The number of primary amides is 1. The molecule has 0 aliphatic rings. The van der Waals surface area contributed by atoms with Crippen molar-refractivity contribution in [2.45, 2.75) is 44.6 Å². The molecule has 0 spiro atoms. The van der Waals surface area contributed by atoms with Crippen LogP contribution >= 0.6 is 0 Å². The highest BCUT2D eigenvalue weighted by molar-refractivity contribution is 5.86. The summed E-state index contributed by atoms with van der Waals surface area (Å²) in [6.45, 7) is 0. The molecule has 0 saturated heterocycles. The average molecular weight is 458 g/mol. The van der Waals surface area contributed by atoms with Crippen molar-refractivity contribution >= 4 is 22.6 Å². The second-order valence-electron chi connectivity index (χ2n) is 8.15. The zero-order valence-corrected chi connectivity index (χ0v) is 18.8. The van der Waals surface area contributed by atoms with E-state index in [4.69, 9.17) is 5.73 Å². The predicted octanol–water partition coefficient (Wildman–Crippen LogP) is 3.25. The molecule has 0 aliphatic carbocycles. The molecule has 0 saturated carbocycles. The van der Waals surface area contributed by atoms with Gasteiger partial charge in [0.1, 0.15) is 11.6 Å². The van der Waals surface area contributed by atoms with Gasteiger partial charge in [-0.2, -0.15) is 0 Å². The van der Waals surface area contributed by atoms with Crippen molar-refractivity contribution in [3.8, 4) is 11.3 Å². The Bertz CT molecular complexity index is 1260. The van der Waals surface area contributed by atoms with Gasteiger partial charge in [0, 0.05) is 42.2 Å². The highest BCUT2D eigenvalue weighted by Crippen LogP contribution is 2.25. The first-order valence-corrected chi connectivity index (χ1v) is 11.3. The summed E-state index contributed by atoms with van der Waals surface area (Å²) in [6, 6.07) is 9.51. The number of nitrogens with one attached hydrogen (secondary N) is 2. The predicted molar refractivity (Wildman–Crippen MR) is 128 cm³/mol. The molecule has 1 aromatic carbocycles. The summed E-state index contributed by atoms with van der Waals surface area (Å²) in [6.07, 6.45) is 12.1. The number of pyridine rings is 1. The number of H-pyrrole nitrogens is 1. The smallest absolute Gasteiger partial charge is 0.228 e. The Kier molecular flexibility index (Phi) is 7.54. The van der Waals surface area contributed by atoms with E-state index in [2.05, 4.69) is 36.3 Å². The van der Waals surface area contributed by atoms with Gasteiger partial charge in [0.2, 0.25) is 11.8 Å². The number of benzene rings is 1. The highest BCUT2D eigenvalue weighted by Gasteiger charge is 2.19. The Labute approximate surface area is 197 Å². The van der Waals surface area contributed by atoms with Gasteiger partial charge in [0.25, 0.3) is 0 Å². The Morgan fingerprint density at radius 3 is 2.65 bits per heavy atom. The van der Waals surface area contributed by atoms with E-state index < -0.39 is 0 Å². The molecule has 4 N–H and O–H groups in total. The summed E-state index contributed by atoms with van der Waals surface area (Å²) in [4.78, 5) is 44.1. The van der Waals surface area contributed by atoms with Gasteiger partial charge in [-0.05, 0) is 36.4 Å². The molecule has 3 aromatic heterocycles. The third kappa shape index (κ3) is 6.22. The maximum absolute atomic E-state index is 12.7. The van der Waals surface area contributed by atoms with E-state index in [1.807, 2.05) is 24.4 Å². The number of aromatic nitrogens is 5. The molecule has 0 radical (unpaired) electrons. The van der Waals surface area contributed by atoms with Gasteiger partial charge < -0.3 is 16.0 Å². The number of hydrogen-bond donors (Lipinski definition) is 3. The van der Waals surface area contributed by atoms with Crippen molar-refractivity contribution in [2.24, 2.45) is 5.73 Å². The minimum absolute atomic E-state index is 0.0876. The van der Waals surface area contributed by atoms with Gasteiger partial charge in [-0.3, -0.25) is 14.6 Å². The van der Waals surface area contributed by atoms with Gasteiger partial charge >= 0.3 is 0 Å². The van der Waals surface area contributed by atoms with Crippen molar-refractivity contribution in [3.63, 3.8) is 0 Å². The minimum Gasteiger partial charge on any atom is -0.370 e. The summed E-state index contributed by atoms with van der Waals surface area (Å²) >= 11 is 0. The lowest BCUT2D eigenvalue weighted by molar-refractivity contribution is -0.121. The fraction of sp³-hybridized carbons (Fsp3) is 0.280. The van der Waals surface area contributed by atoms with Crippen LogP contribution in [0.25, 0.3) is 22.0 Å². The third-order valence-electron chi connectivity index (χ3n) is 5.57.